The van der Waals surface area contributed by atoms with E-state index in [-0.39, 0.29) is 5.69 Å². The van der Waals surface area contributed by atoms with Crippen LogP contribution < -0.4 is 25.4 Å². The van der Waals surface area contributed by atoms with Gasteiger partial charge < -0.3 is 30.3 Å². The lowest BCUT2D eigenvalue weighted by Gasteiger charge is -2.32. The highest BCUT2D eigenvalue weighted by molar-refractivity contribution is 7.22. The van der Waals surface area contributed by atoms with Crippen LogP contribution in [0.4, 0.5) is 40.3 Å². The highest BCUT2D eigenvalue weighted by atomic mass is 35.5. The second kappa shape index (κ2) is 13.7. The number of hydrogen-bond donors (Lipinski definition) is 3. The first-order valence-corrected chi connectivity index (χ1v) is 15.7. The monoisotopic (exact) mass is 686 g/mol. The number of anilines is 4. The molecule has 0 saturated carbocycles. The normalized spacial score (nSPS) is 14.3. The molecule has 11 nitrogen and oxygen atoms in total. The number of rotatable bonds is 9. The average Bonchev–Trinajstić information content (AvgIpc) is 3.44. The topological polar surface area (TPSA) is 117 Å². The van der Waals surface area contributed by atoms with Crippen molar-refractivity contribution in [1.82, 2.24) is 24.8 Å². The molecule has 1 fully saturated rings. The summed E-state index contributed by atoms with van der Waals surface area (Å²) in [4.78, 5) is 30.7. The van der Waals surface area contributed by atoms with Crippen LogP contribution in [-0.2, 0) is 6.18 Å². The van der Waals surface area contributed by atoms with Crippen LogP contribution in [0.3, 0.4) is 0 Å². The van der Waals surface area contributed by atoms with Crippen LogP contribution in [0.2, 0.25) is 5.02 Å². The van der Waals surface area contributed by atoms with E-state index in [1.807, 2.05) is 12.1 Å². The lowest BCUT2D eigenvalue weighted by Crippen LogP contribution is -2.45. The molecular weight excluding hydrogens is 657 g/mol. The quantitative estimate of drug-likeness (QED) is 0.152. The molecule has 0 spiro atoms. The summed E-state index contributed by atoms with van der Waals surface area (Å²) in [6.07, 6.45) is -3.20. The van der Waals surface area contributed by atoms with Crippen LogP contribution in [0.5, 0.6) is 11.5 Å². The van der Waals surface area contributed by atoms with Crippen molar-refractivity contribution in [2.75, 3.05) is 69.4 Å². The third-order valence-electron chi connectivity index (χ3n) is 7.58. The third kappa shape index (κ3) is 7.76. The molecule has 47 heavy (non-hydrogen) atoms. The van der Waals surface area contributed by atoms with Crippen LogP contribution in [0, 0.1) is 0 Å². The third-order valence-corrected chi connectivity index (χ3v) is 8.85. The number of nitrogens with zero attached hydrogens (tertiary/aromatic N) is 5. The van der Waals surface area contributed by atoms with Crippen LogP contribution in [0.25, 0.3) is 21.1 Å². The number of alkyl halides is 3. The molecule has 6 rings (SSSR count). The molecule has 1 aliphatic rings. The van der Waals surface area contributed by atoms with Crippen molar-refractivity contribution < 1.29 is 27.4 Å². The molecule has 5 aromatic rings. The number of nitrogens with one attached hydrogen (secondary N) is 3. The summed E-state index contributed by atoms with van der Waals surface area (Å²) < 4.78 is 52.1. The Labute approximate surface area is 276 Å². The van der Waals surface area contributed by atoms with Crippen LogP contribution in [0.15, 0.2) is 54.9 Å². The Bertz CT molecular complexity index is 1920. The van der Waals surface area contributed by atoms with Gasteiger partial charge in [0.2, 0.25) is 0 Å². The molecule has 0 aliphatic carbocycles. The highest BCUT2D eigenvalue weighted by Gasteiger charge is 2.33. The summed E-state index contributed by atoms with van der Waals surface area (Å²) in [6.45, 7) is 5.37. The van der Waals surface area contributed by atoms with Crippen molar-refractivity contribution >= 4 is 72.4 Å². The van der Waals surface area contributed by atoms with Gasteiger partial charge in [-0.1, -0.05) is 22.9 Å². The zero-order chi connectivity index (χ0) is 33.1. The zero-order valence-electron chi connectivity index (χ0n) is 25.3. The first-order valence-electron chi connectivity index (χ1n) is 14.5. The Morgan fingerprint density at radius 2 is 1.72 bits per heavy atom. The van der Waals surface area contributed by atoms with Crippen LogP contribution in [0.1, 0.15) is 5.56 Å². The predicted molar refractivity (Wildman–Crippen MR) is 178 cm³/mol. The number of thiazole rings is 1. The number of piperazine rings is 1. The number of ether oxygens (including phenoxy) is 2. The van der Waals surface area contributed by atoms with Gasteiger partial charge >= 0.3 is 12.2 Å². The summed E-state index contributed by atoms with van der Waals surface area (Å²) in [5.74, 6) is 1.68. The molecule has 0 atom stereocenters. The molecule has 2 aromatic heterocycles. The lowest BCUT2D eigenvalue weighted by molar-refractivity contribution is -0.137. The number of aromatic nitrogens is 3. The number of carbonyl (C=O) groups is 1. The SMILES string of the molecule is COc1cc2ncnc(Nc3nc4ccc(NC(=O)Nc5ccc(Cl)c(C(F)(F)F)c5)cc4s3)c2cc1OCCN1CCN(C)CC1. The second-order valence-corrected chi connectivity index (χ2v) is 12.3. The number of fused-ring (bicyclic) bond motifs is 2. The first-order chi connectivity index (χ1) is 22.6. The van der Waals surface area contributed by atoms with Gasteiger partial charge in [0.25, 0.3) is 0 Å². The van der Waals surface area contributed by atoms with E-state index in [1.54, 1.807) is 25.3 Å². The number of amides is 2. The number of urea groups is 1. The van der Waals surface area contributed by atoms with Gasteiger partial charge in [-0.2, -0.15) is 13.2 Å². The molecule has 1 aliphatic heterocycles. The van der Waals surface area contributed by atoms with E-state index in [0.29, 0.717) is 45.8 Å². The number of likely N-dealkylation sites (N-methyl/N-ethyl adjacent to an activating group) is 1. The minimum atomic E-state index is -4.65. The van der Waals surface area contributed by atoms with Gasteiger partial charge in [-0.25, -0.2) is 19.7 Å². The average molecular weight is 687 g/mol. The number of benzene rings is 3. The van der Waals surface area contributed by atoms with Crippen molar-refractivity contribution in [2.45, 2.75) is 6.18 Å². The van der Waals surface area contributed by atoms with E-state index < -0.39 is 22.8 Å². The lowest BCUT2D eigenvalue weighted by atomic mass is 10.2. The maximum absolute atomic E-state index is 13.2. The van der Waals surface area contributed by atoms with Gasteiger partial charge in [0.05, 0.1) is 33.4 Å². The summed E-state index contributed by atoms with van der Waals surface area (Å²) >= 11 is 7.01. The fraction of sp³-hybridized carbons (Fsp3) is 0.290. The van der Waals surface area contributed by atoms with Crippen molar-refractivity contribution in [3.8, 4) is 11.5 Å². The van der Waals surface area contributed by atoms with Crippen molar-refractivity contribution in [3.05, 3.63) is 65.4 Å². The van der Waals surface area contributed by atoms with Crippen molar-refractivity contribution in [2.24, 2.45) is 0 Å². The molecule has 3 N–H and O–H groups in total. The zero-order valence-corrected chi connectivity index (χ0v) is 26.9. The Balaban J connectivity index is 1.15. The molecule has 2 amide bonds. The minimum absolute atomic E-state index is 0.0529. The molecule has 246 valence electrons. The van der Waals surface area contributed by atoms with Crippen molar-refractivity contribution in [1.29, 1.82) is 0 Å². The van der Waals surface area contributed by atoms with Crippen LogP contribution >= 0.6 is 22.9 Å². The summed E-state index contributed by atoms with van der Waals surface area (Å²) in [5.41, 5.74) is 0.663. The molecule has 3 aromatic carbocycles. The standard InChI is InChI=1S/C31H30ClF3N8O3S/c1-42-7-9-43(10-8-42)11-12-46-26-15-20-24(16-25(26)45-2)36-17-37-28(20)41-30-40-23-6-4-19(14-27(23)47-30)39-29(44)38-18-3-5-22(32)21(13-18)31(33,34)35/h3-6,13-17H,7-12H2,1-2H3,(H2,38,39,44)(H,36,37,40,41). The molecule has 0 radical (unpaired) electrons. The number of methoxy groups -OCH3 is 1. The number of hydrogen-bond acceptors (Lipinski definition) is 10. The maximum atomic E-state index is 13.2. The van der Waals surface area contributed by atoms with E-state index in [0.717, 1.165) is 54.9 Å². The molecule has 0 unspecified atom stereocenters. The molecule has 16 heteroatoms. The van der Waals surface area contributed by atoms with Gasteiger partial charge in [0, 0.05) is 55.6 Å². The highest BCUT2D eigenvalue weighted by Crippen LogP contribution is 2.38. The maximum Gasteiger partial charge on any atom is 0.417 e. The van der Waals surface area contributed by atoms with E-state index in [4.69, 9.17) is 21.1 Å². The number of halogens is 4. The summed E-state index contributed by atoms with van der Waals surface area (Å²) in [6, 6.07) is 11.2. The summed E-state index contributed by atoms with van der Waals surface area (Å²) in [5, 5.41) is 9.13. The predicted octanol–water partition coefficient (Wildman–Crippen LogP) is 6.93. The van der Waals surface area contributed by atoms with E-state index >= 15 is 0 Å². The second-order valence-electron chi connectivity index (χ2n) is 10.8. The fourth-order valence-electron chi connectivity index (χ4n) is 5.06. The Morgan fingerprint density at radius 3 is 2.47 bits per heavy atom. The van der Waals surface area contributed by atoms with Crippen LogP contribution in [-0.4, -0.2) is 84.3 Å². The molecule has 1 saturated heterocycles. The van der Waals surface area contributed by atoms with E-state index in [1.165, 1.54) is 23.7 Å². The Morgan fingerprint density at radius 1 is 0.979 bits per heavy atom. The van der Waals surface area contributed by atoms with Gasteiger partial charge in [-0.3, -0.25) is 4.90 Å². The van der Waals surface area contributed by atoms with Gasteiger partial charge in [0.1, 0.15) is 18.8 Å². The Kier molecular flexibility index (Phi) is 9.50. The fourth-order valence-corrected chi connectivity index (χ4v) is 6.19. The molecule has 3 heterocycles. The van der Waals surface area contributed by atoms with Gasteiger partial charge in [-0.15, -0.1) is 0 Å². The minimum Gasteiger partial charge on any atom is -0.493 e. The van der Waals surface area contributed by atoms with Crippen molar-refractivity contribution in [3.63, 3.8) is 0 Å². The van der Waals surface area contributed by atoms with Gasteiger partial charge in [-0.05, 0) is 49.5 Å². The first kappa shape index (κ1) is 32.5. The van der Waals surface area contributed by atoms with E-state index in [9.17, 15) is 18.0 Å². The summed E-state index contributed by atoms with van der Waals surface area (Å²) in [7, 11) is 3.71. The number of carbonyl (C=O) groups excluding carboxylic acids is 1. The van der Waals surface area contributed by atoms with E-state index in [2.05, 4.69) is 47.7 Å². The smallest absolute Gasteiger partial charge is 0.417 e. The van der Waals surface area contributed by atoms with Gasteiger partial charge in [0.15, 0.2) is 16.6 Å². The molecular formula is C31H30ClF3N8O3S. The molecule has 0 bridgehead atoms. The largest absolute Gasteiger partial charge is 0.493 e. The Hall–Kier alpha value is -4.44.